The highest BCUT2D eigenvalue weighted by Gasteiger charge is 2.17. The van der Waals surface area contributed by atoms with Crippen LogP contribution in [0, 0.1) is 5.21 Å². The van der Waals surface area contributed by atoms with Gasteiger partial charge in [-0.2, -0.15) is 8.93 Å². The van der Waals surface area contributed by atoms with E-state index in [9.17, 15) is 14.8 Å². The zero-order valence-electron chi connectivity index (χ0n) is 8.88. The van der Waals surface area contributed by atoms with Gasteiger partial charge in [0.2, 0.25) is 5.52 Å². The zero-order chi connectivity index (χ0) is 12.9. The van der Waals surface area contributed by atoms with Crippen LogP contribution < -0.4 is 15.8 Å². The van der Waals surface area contributed by atoms with Crippen LogP contribution >= 0.6 is 11.8 Å². The molecule has 18 heavy (non-hydrogen) atoms. The molecule has 7 heteroatoms. The normalized spacial score (nSPS) is 11.2. The summed E-state index contributed by atoms with van der Waals surface area (Å²) in [6.07, 6.45) is 0. The number of nitrogens with one attached hydrogen (secondary N) is 1. The van der Waals surface area contributed by atoms with Crippen molar-refractivity contribution in [3.8, 4) is 0 Å². The quantitative estimate of drug-likeness (QED) is 0.364. The number of aromatic amines is 1. The van der Waals surface area contributed by atoms with E-state index >= 15 is 0 Å². The average molecular weight is 264 g/mol. The van der Waals surface area contributed by atoms with Crippen LogP contribution in [0.5, 0.6) is 0 Å². The fraction of sp³-hybridized carbons (Fsp3) is 0. The van der Waals surface area contributed by atoms with E-state index in [2.05, 4.69) is 5.10 Å². The molecule has 0 unspecified atom stereocenters. The van der Waals surface area contributed by atoms with Crippen molar-refractivity contribution in [1.29, 1.82) is 0 Å². The number of H-pyrrole nitrogens is 1. The number of rotatable bonds is 0. The van der Waals surface area contributed by atoms with Gasteiger partial charge >= 0.3 is 5.56 Å². The Morgan fingerprint density at radius 3 is 2.78 bits per heavy atom. The van der Waals surface area contributed by atoms with Crippen LogP contribution in [0.1, 0.15) is 0 Å². The topological polar surface area (TPSA) is 81.8 Å². The minimum atomic E-state index is -0.708. The highest BCUT2D eigenvalue weighted by molar-refractivity contribution is 6.15. The third-order valence-electron chi connectivity index (χ3n) is 2.74. The van der Waals surface area contributed by atoms with Gasteiger partial charge in [-0.25, -0.2) is 5.10 Å². The van der Waals surface area contributed by atoms with Crippen LogP contribution in [0.25, 0.3) is 21.8 Å². The Labute approximate surface area is 104 Å². The molecule has 0 saturated heterocycles. The van der Waals surface area contributed by atoms with Crippen LogP contribution in [0.15, 0.2) is 39.9 Å². The van der Waals surface area contributed by atoms with Crippen molar-refractivity contribution in [3.63, 3.8) is 0 Å². The molecule has 2 heterocycles. The van der Waals surface area contributed by atoms with Crippen molar-refractivity contribution in [2.45, 2.75) is 0 Å². The number of nitrogens with zero attached hydrogens (tertiary/aromatic N) is 2. The molecule has 0 saturated carbocycles. The van der Waals surface area contributed by atoms with E-state index in [1.165, 1.54) is 6.07 Å². The molecule has 1 N–H and O–H groups in total. The van der Waals surface area contributed by atoms with E-state index in [4.69, 9.17) is 11.8 Å². The van der Waals surface area contributed by atoms with Crippen molar-refractivity contribution >= 4 is 33.6 Å². The van der Waals surface area contributed by atoms with E-state index < -0.39 is 11.1 Å². The van der Waals surface area contributed by atoms with Gasteiger partial charge in [0.15, 0.2) is 0 Å². The van der Waals surface area contributed by atoms with Crippen molar-refractivity contribution in [2.24, 2.45) is 0 Å². The van der Waals surface area contributed by atoms with Gasteiger partial charge in [-0.3, -0.25) is 9.59 Å². The standard InChI is InChI=1S/C11H6ClN3O3/c12-15-11(17)7-5-6-3-1-2-4-8(6)14(18)9(7)10(16)13-15/h1-5H,(H,13,16). The van der Waals surface area contributed by atoms with Crippen molar-refractivity contribution in [2.75, 3.05) is 0 Å². The molecular weight excluding hydrogens is 258 g/mol. The Hall–Kier alpha value is -2.34. The molecule has 6 nitrogen and oxygen atoms in total. The molecule has 0 bridgehead atoms. The van der Waals surface area contributed by atoms with Gasteiger partial charge in [-0.1, -0.05) is 12.1 Å². The van der Waals surface area contributed by atoms with Gasteiger partial charge in [-0.05, 0) is 12.1 Å². The Bertz CT molecular complexity index is 898. The number of hydrogen-bond acceptors (Lipinski definition) is 3. The summed E-state index contributed by atoms with van der Waals surface area (Å²) < 4.78 is 0.987. The number of hydrogen-bond donors (Lipinski definition) is 1. The number of para-hydroxylation sites is 1. The third kappa shape index (κ3) is 1.32. The van der Waals surface area contributed by atoms with E-state index in [-0.39, 0.29) is 10.9 Å². The molecule has 3 aromatic rings. The lowest BCUT2D eigenvalue weighted by molar-refractivity contribution is -0.548. The minimum Gasteiger partial charge on any atom is -0.618 e. The van der Waals surface area contributed by atoms with Crippen LogP contribution in [-0.4, -0.2) is 9.30 Å². The summed E-state index contributed by atoms with van der Waals surface area (Å²) in [5.41, 5.74) is -1.26. The van der Waals surface area contributed by atoms with Gasteiger partial charge in [0.25, 0.3) is 11.1 Å². The van der Waals surface area contributed by atoms with Gasteiger partial charge < -0.3 is 5.21 Å². The maximum absolute atomic E-state index is 12.1. The average Bonchev–Trinajstić information content (AvgIpc) is 2.36. The predicted octanol–water partition coefficient (Wildman–Crippen LogP) is 0.478. The number of pyridine rings is 1. The second-order valence-corrected chi connectivity index (χ2v) is 4.12. The van der Waals surface area contributed by atoms with Gasteiger partial charge in [0.1, 0.15) is 5.39 Å². The molecule has 1 aromatic carbocycles. The van der Waals surface area contributed by atoms with E-state index in [1.54, 1.807) is 24.3 Å². The van der Waals surface area contributed by atoms with Crippen LogP contribution in [0.3, 0.4) is 0 Å². The Kier molecular flexibility index (Phi) is 2.14. The Morgan fingerprint density at radius 1 is 1.28 bits per heavy atom. The third-order valence-corrected chi connectivity index (χ3v) is 2.98. The maximum atomic E-state index is 12.1. The first kappa shape index (κ1) is 10.8. The van der Waals surface area contributed by atoms with Crippen molar-refractivity contribution < 1.29 is 4.73 Å². The summed E-state index contributed by atoms with van der Waals surface area (Å²) in [5, 5.41) is 14.7. The molecule has 0 radical (unpaired) electrons. The van der Waals surface area contributed by atoms with Gasteiger partial charge in [0, 0.05) is 23.2 Å². The number of fused-ring (bicyclic) bond motifs is 2. The fourth-order valence-corrected chi connectivity index (χ4v) is 2.09. The van der Waals surface area contributed by atoms with Crippen LogP contribution in [0.4, 0.5) is 0 Å². The summed E-state index contributed by atoms with van der Waals surface area (Å²) >= 11 is 5.53. The second kappa shape index (κ2) is 3.58. The maximum Gasteiger partial charge on any atom is 0.337 e. The summed E-state index contributed by atoms with van der Waals surface area (Å²) in [7, 11) is 0. The number of benzene rings is 1. The monoisotopic (exact) mass is 263 g/mol. The van der Waals surface area contributed by atoms with Crippen molar-refractivity contribution in [1.82, 2.24) is 9.30 Å². The van der Waals surface area contributed by atoms with E-state index in [0.717, 1.165) is 0 Å². The molecule has 0 aliphatic heterocycles. The Balaban J connectivity index is 2.73. The molecular formula is C11H6ClN3O3. The molecule has 0 spiro atoms. The van der Waals surface area contributed by atoms with Crippen LogP contribution in [-0.2, 0) is 0 Å². The molecule has 0 amide bonds. The van der Waals surface area contributed by atoms with E-state index in [1.807, 2.05) is 0 Å². The molecule has 0 aliphatic carbocycles. The number of halogens is 1. The predicted molar refractivity (Wildman–Crippen MR) is 66.5 cm³/mol. The summed E-state index contributed by atoms with van der Waals surface area (Å²) in [5.74, 6) is 0. The number of aromatic nitrogens is 3. The SMILES string of the molecule is O=c1[nH]n(Cl)c(=O)c2cc3ccccc3[n+]([O-])c12. The van der Waals surface area contributed by atoms with E-state index in [0.29, 0.717) is 19.8 Å². The van der Waals surface area contributed by atoms with Gasteiger partial charge in [-0.15, -0.1) is 0 Å². The first-order valence-corrected chi connectivity index (χ1v) is 5.40. The molecule has 0 atom stereocenters. The highest BCUT2D eigenvalue weighted by atomic mass is 35.5. The molecule has 0 fully saturated rings. The lowest BCUT2D eigenvalue weighted by Crippen LogP contribution is -2.38. The Morgan fingerprint density at radius 2 is 2.00 bits per heavy atom. The fourth-order valence-electron chi connectivity index (χ4n) is 1.92. The largest absolute Gasteiger partial charge is 0.618 e. The van der Waals surface area contributed by atoms with Crippen molar-refractivity contribution in [3.05, 3.63) is 56.2 Å². The summed E-state index contributed by atoms with van der Waals surface area (Å²) in [6, 6.07) is 8.16. The molecule has 90 valence electrons. The molecule has 3 rings (SSSR count). The van der Waals surface area contributed by atoms with Gasteiger partial charge in [0.05, 0.1) is 0 Å². The lowest BCUT2D eigenvalue weighted by Gasteiger charge is -2.04. The first-order valence-electron chi connectivity index (χ1n) is 5.06. The summed E-state index contributed by atoms with van der Waals surface area (Å²) in [6.45, 7) is 0. The molecule has 2 aromatic heterocycles. The minimum absolute atomic E-state index is 0.0116. The second-order valence-electron chi connectivity index (χ2n) is 3.79. The summed E-state index contributed by atoms with van der Waals surface area (Å²) in [4.78, 5) is 23.5. The lowest BCUT2D eigenvalue weighted by atomic mass is 10.1. The highest BCUT2D eigenvalue weighted by Crippen LogP contribution is 2.12. The molecule has 0 aliphatic rings. The first-order chi connectivity index (χ1) is 8.59. The smallest absolute Gasteiger partial charge is 0.337 e. The zero-order valence-corrected chi connectivity index (χ0v) is 9.64. The van der Waals surface area contributed by atoms with Crippen LogP contribution in [0.2, 0.25) is 0 Å².